The Morgan fingerprint density at radius 1 is 1.25 bits per heavy atom. The van der Waals surface area contributed by atoms with E-state index in [-0.39, 0.29) is 29.6 Å². The molecule has 106 valence electrons. The lowest BCUT2D eigenvalue weighted by molar-refractivity contribution is 0.0546. The van der Waals surface area contributed by atoms with Gasteiger partial charge in [0.25, 0.3) is 0 Å². The maximum absolute atomic E-state index is 11.2. The van der Waals surface area contributed by atoms with Gasteiger partial charge >= 0.3 is 5.97 Å². The van der Waals surface area contributed by atoms with E-state index >= 15 is 0 Å². The van der Waals surface area contributed by atoms with Crippen molar-refractivity contribution in [2.45, 2.75) is 38.9 Å². The molecule has 1 saturated heterocycles. The SMILES string of the molecule is CC1OC(C)C(c2nc3c(C(=O)O)cccc3o2)C1C. The van der Waals surface area contributed by atoms with Crippen LogP contribution in [0.1, 0.15) is 42.9 Å². The molecule has 5 heteroatoms. The van der Waals surface area contributed by atoms with Crippen molar-refractivity contribution in [3.8, 4) is 0 Å². The van der Waals surface area contributed by atoms with E-state index in [2.05, 4.69) is 11.9 Å². The number of carbonyl (C=O) groups is 1. The van der Waals surface area contributed by atoms with E-state index in [0.29, 0.717) is 17.0 Å². The van der Waals surface area contributed by atoms with Gasteiger partial charge in [-0.25, -0.2) is 9.78 Å². The van der Waals surface area contributed by atoms with Crippen LogP contribution in [0.15, 0.2) is 22.6 Å². The van der Waals surface area contributed by atoms with E-state index in [1.165, 1.54) is 6.07 Å². The second-order valence-corrected chi connectivity index (χ2v) is 5.44. The fourth-order valence-corrected chi connectivity index (χ4v) is 2.97. The van der Waals surface area contributed by atoms with Crippen LogP contribution in [0, 0.1) is 5.92 Å². The van der Waals surface area contributed by atoms with Crippen molar-refractivity contribution in [3.63, 3.8) is 0 Å². The molecule has 2 aromatic rings. The molecule has 0 radical (unpaired) electrons. The maximum atomic E-state index is 11.2. The summed E-state index contributed by atoms with van der Waals surface area (Å²) in [4.78, 5) is 15.6. The van der Waals surface area contributed by atoms with Gasteiger partial charge in [0.1, 0.15) is 5.52 Å². The Morgan fingerprint density at radius 2 is 2.00 bits per heavy atom. The summed E-state index contributed by atoms with van der Waals surface area (Å²) >= 11 is 0. The first-order chi connectivity index (χ1) is 9.49. The predicted octanol–water partition coefficient (Wildman–Crippen LogP) is 3.05. The summed E-state index contributed by atoms with van der Waals surface area (Å²) in [5.41, 5.74) is 1.09. The van der Waals surface area contributed by atoms with Crippen molar-refractivity contribution in [2.24, 2.45) is 5.92 Å². The summed E-state index contributed by atoms with van der Waals surface area (Å²) in [6.07, 6.45) is 0.158. The first-order valence-electron chi connectivity index (χ1n) is 6.77. The Morgan fingerprint density at radius 3 is 2.60 bits per heavy atom. The third-order valence-corrected chi connectivity index (χ3v) is 4.19. The Labute approximate surface area is 116 Å². The van der Waals surface area contributed by atoms with Crippen LogP contribution in [0.3, 0.4) is 0 Å². The van der Waals surface area contributed by atoms with Crippen LogP contribution in [0.2, 0.25) is 0 Å². The van der Waals surface area contributed by atoms with Crippen molar-refractivity contribution < 1.29 is 19.1 Å². The van der Waals surface area contributed by atoms with Gasteiger partial charge in [-0.2, -0.15) is 0 Å². The molecular weight excluding hydrogens is 258 g/mol. The van der Waals surface area contributed by atoms with Gasteiger partial charge in [-0.3, -0.25) is 0 Å². The number of carboxylic acids is 1. The standard InChI is InChI=1S/C15H17NO4/c1-7-8(2)19-9(3)12(7)14-16-13-10(15(17)18)5-4-6-11(13)20-14/h4-9,12H,1-3H3,(H,17,18). The number of aromatic nitrogens is 1. The molecule has 2 heterocycles. The van der Waals surface area contributed by atoms with Crippen molar-refractivity contribution >= 4 is 17.1 Å². The van der Waals surface area contributed by atoms with Crippen LogP contribution in [0.4, 0.5) is 0 Å². The molecule has 0 saturated carbocycles. The summed E-state index contributed by atoms with van der Waals surface area (Å²) in [5.74, 6) is -0.0870. The van der Waals surface area contributed by atoms with Crippen LogP contribution in [-0.2, 0) is 4.74 Å². The molecular formula is C15H17NO4. The fraction of sp³-hybridized carbons (Fsp3) is 0.467. The first kappa shape index (κ1) is 13.1. The molecule has 5 nitrogen and oxygen atoms in total. The van der Waals surface area contributed by atoms with Crippen molar-refractivity contribution in [3.05, 3.63) is 29.7 Å². The minimum atomic E-state index is -0.993. The molecule has 3 rings (SSSR count). The highest BCUT2D eigenvalue weighted by Gasteiger charge is 2.41. The molecule has 0 spiro atoms. The van der Waals surface area contributed by atoms with Crippen molar-refractivity contribution in [2.75, 3.05) is 0 Å². The van der Waals surface area contributed by atoms with Gasteiger partial charge < -0.3 is 14.3 Å². The van der Waals surface area contributed by atoms with Gasteiger partial charge in [0, 0.05) is 0 Å². The normalized spacial score (nSPS) is 29.9. The maximum Gasteiger partial charge on any atom is 0.338 e. The average Bonchev–Trinajstić information content (AvgIpc) is 2.90. The predicted molar refractivity (Wildman–Crippen MR) is 72.9 cm³/mol. The molecule has 1 aromatic carbocycles. The number of rotatable bonds is 2. The third-order valence-electron chi connectivity index (χ3n) is 4.19. The van der Waals surface area contributed by atoms with E-state index in [4.69, 9.17) is 9.15 Å². The molecule has 0 aliphatic carbocycles. The molecule has 1 N–H and O–H groups in total. The quantitative estimate of drug-likeness (QED) is 0.911. The monoisotopic (exact) mass is 275 g/mol. The van der Waals surface area contributed by atoms with E-state index in [1.54, 1.807) is 12.1 Å². The fourth-order valence-electron chi connectivity index (χ4n) is 2.97. The first-order valence-corrected chi connectivity index (χ1v) is 6.77. The summed E-state index contributed by atoms with van der Waals surface area (Å²) in [6, 6.07) is 4.95. The Balaban J connectivity index is 2.10. The lowest BCUT2D eigenvalue weighted by atomic mass is 9.89. The molecule has 20 heavy (non-hydrogen) atoms. The van der Waals surface area contributed by atoms with Crippen LogP contribution in [0.25, 0.3) is 11.1 Å². The van der Waals surface area contributed by atoms with Crippen LogP contribution in [0.5, 0.6) is 0 Å². The number of aromatic carboxylic acids is 1. The largest absolute Gasteiger partial charge is 0.478 e. The summed E-state index contributed by atoms with van der Waals surface area (Å²) in [5, 5.41) is 9.20. The van der Waals surface area contributed by atoms with Gasteiger partial charge in [0.2, 0.25) is 5.89 Å². The van der Waals surface area contributed by atoms with Gasteiger partial charge in [0.15, 0.2) is 5.58 Å². The number of benzene rings is 1. The second-order valence-electron chi connectivity index (χ2n) is 5.44. The zero-order valence-electron chi connectivity index (χ0n) is 11.7. The number of nitrogens with zero attached hydrogens (tertiary/aromatic N) is 1. The number of hydrogen-bond acceptors (Lipinski definition) is 4. The van der Waals surface area contributed by atoms with E-state index < -0.39 is 5.97 Å². The number of fused-ring (bicyclic) bond motifs is 1. The molecule has 1 fully saturated rings. The number of hydrogen-bond donors (Lipinski definition) is 1. The summed E-state index contributed by atoms with van der Waals surface area (Å²) in [7, 11) is 0. The van der Waals surface area contributed by atoms with Crippen LogP contribution in [-0.4, -0.2) is 28.3 Å². The zero-order chi connectivity index (χ0) is 14.4. The minimum absolute atomic E-state index is 0.0151. The van der Waals surface area contributed by atoms with Gasteiger partial charge in [-0.1, -0.05) is 13.0 Å². The van der Waals surface area contributed by atoms with E-state index in [9.17, 15) is 9.90 Å². The van der Waals surface area contributed by atoms with Crippen molar-refractivity contribution in [1.29, 1.82) is 0 Å². The molecule has 0 amide bonds. The smallest absolute Gasteiger partial charge is 0.338 e. The summed E-state index contributed by atoms with van der Waals surface area (Å²) < 4.78 is 11.6. The Kier molecular flexibility index (Phi) is 3.01. The second kappa shape index (κ2) is 4.59. The topological polar surface area (TPSA) is 72.6 Å². The molecule has 1 aromatic heterocycles. The highest BCUT2D eigenvalue weighted by molar-refractivity contribution is 6.00. The zero-order valence-corrected chi connectivity index (χ0v) is 11.7. The molecule has 0 bridgehead atoms. The number of para-hydroxylation sites is 1. The molecule has 4 atom stereocenters. The van der Waals surface area contributed by atoms with E-state index in [1.807, 2.05) is 13.8 Å². The Hall–Kier alpha value is -1.88. The molecule has 4 unspecified atom stereocenters. The third kappa shape index (κ3) is 1.89. The van der Waals surface area contributed by atoms with Crippen LogP contribution < -0.4 is 0 Å². The lowest BCUT2D eigenvalue weighted by Crippen LogP contribution is -2.15. The van der Waals surface area contributed by atoms with E-state index in [0.717, 1.165) is 0 Å². The Bertz CT molecular complexity index is 663. The highest BCUT2D eigenvalue weighted by Crippen LogP contribution is 2.40. The van der Waals surface area contributed by atoms with Gasteiger partial charge in [0.05, 0.1) is 23.7 Å². The van der Waals surface area contributed by atoms with Gasteiger partial charge in [-0.15, -0.1) is 0 Å². The molecule has 1 aliphatic rings. The average molecular weight is 275 g/mol. The minimum Gasteiger partial charge on any atom is -0.478 e. The number of oxazole rings is 1. The van der Waals surface area contributed by atoms with Gasteiger partial charge in [-0.05, 0) is 31.9 Å². The van der Waals surface area contributed by atoms with Crippen molar-refractivity contribution in [1.82, 2.24) is 4.98 Å². The number of carboxylic acid groups (broad SMARTS) is 1. The molecule has 1 aliphatic heterocycles. The van der Waals surface area contributed by atoms with Crippen LogP contribution >= 0.6 is 0 Å². The highest BCUT2D eigenvalue weighted by atomic mass is 16.5. The lowest BCUT2D eigenvalue weighted by Gasteiger charge is -2.13. The number of ether oxygens (including phenoxy) is 1. The summed E-state index contributed by atoms with van der Waals surface area (Å²) in [6.45, 7) is 6.13.